The molecule has 5 nitrogen and oxygen atoms in total. The van der Waals surface area contributed by atoms with E-state index in [1.165, 1.54) is 0 Å². The Kier molecular flexibility index (Phi) is 4.78. The summed E-state index contributed by atoms with van der Waals surface area (Å²) in [6.45, 7) is 2.75. The number of aromatic nitrogens is 1. The van der Waals surface area contributed by atoms with Gasteiger partial charge in [-0.05, 0) is 30.2 Å². The fraction of sp³-hybridized carbons (Fsp3) is 0.158. The van der Waals surface area contributed by atoms with Crippen LogP contribution in [0, 0.1) is 11.3 Å². The van der Waals surface area contributed by atoms with Crippen LogP contribution in [0.1, 0.15) is 18.5 Å². The van der Waals surface area contributed by atoms with Crippen molar-refractivity contribution >= 4 is 5.88 Å². The van der Waals surface area contributed by atoms with Crippen LogP contribution in [0.15, 0.2) is 59.0 Å². The maximum atomic E-state index is 9.03. The molecular weight excluding hydrogens is 302 g/mol. The van der Waals surface area contributed by atoms with E-state index in [1.807, 2.05) is 55.5 Å². The number of ether oxygens (including phenoxy) is 1. The van der Waals surface area contributed by atoms with Crippen molar-refractivity contribution in [2.75, 3.05) is 11.9 Å². The maximum Gasteiger partial charge on any atom is 0.236 e. The van der Waals surface area contributed by atoms with Crippen molar-refractivity contribution in [2.24, 2.45) is 0 Å². The average Bonchev–Trinajstić information content (AvgIpc) is 3.03. The molecule has 0 aliphatic heterocycles. The highest BCUT2D eigenvalue weighted by molar-refractivity contribution is 5.63. The molecule has 3 aromatic rings. The van der Waals surface area contributed by atoms with Crippen LogP contribution in [-0.4, -0.2) is 11.5 Å². The van der Waals surface area contributed by atoms with E-state index < -0.39 is 0 Å². The number of hydrogen-bond donors (Lipinski definition) is 1. The molecular formula is C19H17N3O2. The molecule has 1 N–H and O–H groups in total. The lowest BCUT2D eigenvalue weighted by molar-refractivity contribution is 0.265. The van der Waals surface area contributed by atoms with Crippen molar-refractivity contribution in [2.45, 2.75) is 13.5 Å². The van der Waals surface area contributed by atoms with E-state index in [9.17, 15) is 0 Å². The highest BCUT2D eigenvalue weighted by atomic mass is 16.5. The van der Waals surface area contributed by atoms with Gasteiger partial charge in [0.25, 0.3) is 0 Å². The van der Waals surface area contributed by atoms with Gasteiger partial charge in [-0.15, -0.1) is 0 Å². The molecule has 0 spiro atoms. The highest BCUT2D eigenvalue weighted by Crippen LogP contribution is 2.23. The molecule has 0 aliphatic rings. The molecule has 24 heavy (non-hydrogen) atoms. The zero-order valence-electron chi connectivity index (χ0n) is 13.3. The van der Waals surface area contributed by atoms with Crippen LogP contribution < -0.4 is 10.1 Å². The van der Waals surface area contributed by atoms with Crippen molar-refractivity contribution < 1.29 is 9.15 Å². The lowest BCUT2D eigenvalue weighted by atomic mass is 10.1. The SMILES string of the molecule is CCNc1oc(COc2ccc(-c3ccccc3)cc2)nc1C#N. The number of nitrogens with zero attached hydrogens (tertiary/aromatic N) is 2. The molecule has 1 heterocycles. The molecule has 5 heteroatoms. The molecule has 0 atom stereocenters. The Morgan fingerprint density at radius 3 is 2.46 bits per heavy atom. The van der Waals surface area contributed by atoms with E-state index >= 15 is 0 Å². The Hall–Kier alpha value is -3.26. The number of oxazole rings is 1. The Balaban J connectivity index is 1.66. The standard InChI is InChI=1S/C19H17N3O2/c1-2-21-19-17(12-20)22-18(24-19)13-23-16-10-8-15(9-11-16)14-6-4-3-5-7-14/h3-11,21H,2,13H2,1H3. The van der Waals surface area contributed by atoms with Crippen molar-refractivity contribution in [3.05, 3.63) is 66.2 Å². The van der Waals surface area contributed by atoms with E-state index in [0.29, 0.717) is 18.3 Å². The maximum absolute atomic E-state index is 9.03. The molecule has 2 aromatic carbocycles. The van der Waals surface area contributed by atoms with E-state index in [0.717, 1.165) is 16.9 Å². The number of nitrogens with one attached hydrogen (secondary N) is 1. The fourth-order valence-corrected chi connectivity index (χ4v) is 2.30. The summed E-state index contributed by atoms with van der Waals surface area (Å²) in [6.07, 6.45) is 0. The number of anilines is 1. The van der Waals surface area contributed by atoms with Gasteiger partial charge in [0.1, 0.15) is 11.8 Å². The van der Waals surface area contributed by atoms with Gasteiger partial charge in [0, 0.05) is 6.54 Å². The zero-order chi connectivity index (χ0) is 16.8. The highest BCUT2D eigenvalue weighted by Gasteiger charge is 2.12. The summed E-state index contributed by atoms with van der Waals surface area (Å²) in [5, 5.41) is 12.0. The zero-order valence-corrected chi connectivity index (χ0v) is 13.3. The number of rotatable bonds is 6. The van der Waals surface area contributed by atoms with Gasteiger partial charge in [0.05, 0.1) is 0 Å². The van der Waals surface area contributed by atoms with Crippen LogP contribution in [0.5, 0.6) is 5.75 Å². The van der Waals surface area contributed by atoms with E-state index in [1.54, 1.807) is 0 Å². The first-order valence-corrected chi connectivity index (χ1v) is 7.72. The first-order valence-electron chi connectivity index (χ1n) is 7.72. The normalized spacial score (nSPS) is 10.2. The summed E-state index contributed by atoms with van der Waals surface area (Å²) in [6, 6.07) is 20.0. The molecule has 1 aromatic heterocycles. The van der Waals surface area contributed by atoms with Crippen molar-refractivity contribution in [1.82, 2.24) is 4.98 Å². The van der Waals surface area contributed by atoms with E-state index in [4.69, 9.17) is 14.4 Å². The minimum atomic E-state index is 0.171. The smallest absolute Gasteiger partial charge is 0.236 e. The quantitative estimate of drug-likeness (QED) is 0.736. The van der Waals surface area contributed by atoms with Crippen molar-refractivity contribution in [3.8, 4) is 22.9 Å². The molecule has 3 rings (SSSR count). The van der Waals surface area contributed by atoms with Gasteiger partial charge in [-0.3, -0.25) is 0 Å². The fourth-order valence-electron chi connectivity index (χ4n) is 2.30. The Morgan fingerprint density at radius 1 is 1.08 bits per heavy atom. The molecule has 0 amide bonds. The van der Waals surface area contributed by atoms with Gasteiger partial charge in [-0.2, -0.15) is 10.2 Å². The largest absolute Gasteiger partial charge is 0.484 e. The number of hydrogen-bond acceptors (Lipinski definition) is 5. The van der Waals surface area contributed by atoms with Crippen LogP contribution in [0.4, 0.5) is 5.88 Å². The molecule has 0 fully saturated rings. The minimum Gasteiger partial charge on any atom is -0.484 e. The predicted octanol–water partition coefficient (Wildman–Crippen LogP) is 4.22. The van der Waals surface area contributed by atoms with Gasteiger partial charge in [-0.25, -0.2) is 0 Å². The predicted molar refractivity (Wildman–Crippen MR) is 91.6 cm³/mol. The van der Waals surface area contributed by atoms with Gasteiger partial charge >= 0.3 is 0 Å². The molecule has 0 unspecified atom stereocenters. The summed E-state index contributed by atoms with van der Waals surface area (Å²) in [5.74, 6) is 1.48. The molecule has 120 valence electrons. The Labute approximate surface area is 140 Å². The van der Waals surface area contributed by atoms with E-state index in [2.05, 4.69) is 22.4 Å². The van der Waals surface area contributed by atoms with Crippen molar-refractivity contribution in [1.29, 1.82) is 5.26 Å². The molecule has 0 aliphatic carbocycles. The summed E-state index contributed by atoms with van der Waals surface area (Å²) >= 11 is 0. The van der Waals surface area contributed by atoms with Gasteiger partial charge in [0.2, 0.25) is 17.5 Å². The van der Waals surface area contributed by atoms with Crippen LogP contribution in [-0.2, 0) is 6.61 Å². The first-order chi connectivity index (χ1) is 11.8. The Bertz CT molecular complexity index is 833. The molecule has 0 saturated heterocycles. The van der Waals surface area contributed by atoms with E-state index in [-0.39, 0.29) is 12.3 Å². The third-order valence-electron chi connectivity index (χ3n) is 3.44. The molecule has 0 saturated carbocycles. The van der Waals surface area contributed by atoms with Crippen LogP contribution in [0.2, 0.25) is 0 Å². The third kappa shape index (κ3) is 3.55. The van der Waals surface area contributed by atoms with Crippen LogP contribution >= 0.6 is 0 Å². The lowest BCUT2D eigenvalue weighted by Gasteiger charge is -2.05. The van der Waals surface area contributed by atoms with Gasteiger partial charge < -0.3 is 14.5 Å². The second-order valence-corrected chi connectivity index (χ2v) is 5.11. The first kappa shape index (κ1) is 15.6. The lowest BCUT2D eigenvalue weighted by Crippen LogP contribution is -1.96. The summed E-state index contributed by atoms with van der Waals surface area (Å²) < 4.78 is 11.2. The van der Waals surface area contributed by atoms with Gasteiger partial charge in [0.15, 0.2) is 6.61 Å². The monoisotopic (exact) mass is 319 g/mol. The topological polar surface area (TPSA) is 71.1 Å². The van der Waals surface area contributed by atoms with Crippen LogP contribution in [0.25, 0.3) is 11.1 Å². The summed E-state index contributed by atoms with van der Waals surface area (Å²) in [5.41, 5.74) is 2.53. The number of nitriles is 1. The molecule has 0 bridgehead atoms. The summed E-state index contributed by atoms with van der Waals surface area (Å²) in [4.78, 5) is 4.11. The Morgan fingerprint density at radius 2 is 1.79 bits per heavy atom. The second kappa shape index (κ2) is 7.34. The van der Waals surface area contributed by atoms with Crippen molar-refractivity contribution in [3.63, 3.8) is 0 Å². The minimum absolute atomic E-state index is 0.171. The average molecular weight is 319 g/mol. The van der Waals surface area contributed by atoms with Gasteiger partial charge in [-0.1, -0.05) is 42.5 Å². The molecule has 0 radical (unpaired) electrons. The number of benzene rings is 2. The second-order valence-electron chi connectivity index (χ2n) is 5.11. The van der Waals surface area contributed by atoms with Crippen LogP contribution in [0.3, 0.4) is 0 Å². The third-order valence-corrected chi connectivity index (χ3v) is 3.44. The summed E-state index contributed by atoms with van der Waals surface area (Å²) in [7, 11) is 0.